The molecule has 0 saturated carbocycles. The molecule has 0 fully saturated rings. The van der Waals surface area contributed by atoms with Gasteiger partial charge < -0.3 is 5.11 Å². The second-order valence-corrected chi connectivity index (χ2v) is 1.25. The third-order valence-corrected chi connectivity index (χ3v) is 0.455. The fourth-order valence-corrected chi connectivity index (χ4v) is 0.207. The lowest BCUT2D eigenvalue weighted by atomic mass is 10.6. The quantitative estimate of drug-likeness (QED) is 0.499. The third-order valence-electron chi connectivity index (χ3n) is 0.455. The molecule has 0 bridgehead atoms. The first-order valence-electron chi connectivity index (χ1n) is 2.15. The van der Waals surface area contributed by atoms with Crippen LogP contribution in [-0.2, 0) is 0 Å². The Kier molecular flexibility index (Phi) is 3.65. The summed E-state index contributed by atoms with van der Waals surface area (Å²) in [4.78, 5) is 0. The van der Waals surface area contributed by atoms with Crippen molar-refractivity contribution in [2.75, 3.05) is 0 Å². The fourth-order valence-electron chi connectivity index (χ4n) is 0.207. The molecule has 0 heterocycles. The predicted molar refractivity (Wildman–Crippen MR) is 29.3 cm³/mol. The molecule has 0 spiro atoms. The Morgan fingerprint density at radius 2 is 2.43 bits per heavy atom. The van der Waals surface area contributed by atoms with E-state index in [0.717, 1.165) is 0 Å². The SMILES string of the molecule is C=C[CH]NC(C)O. The highest BCUT2D eigenvalue weighted by Crippen LogP contribution is 1.73. The minimum Gasteiger partial charge on any atom is -0.379 e. The highest BCUT2D eigenvalue weighted by molar-refractivity contribution is 4.83. The number of hydrogen-bond acceptors (Lipinski definition) is 2. The summed E-state index contributed by atoms with van der Waals surface area (Å²) in [6.45, 7) is 6.63. The number of nitrogens with one attached hydrogen (secondary N) is 1. The van der Waals surface area contributed by atoms with Gasteiger partial charge in [0.2, 0.25) is 0 Å². The molecular weight excluding hydrogens is 90.1 g/mol. The van der Waals surface area contributed by atoms with Crippen molar-refractivity contribution in [1.29, 1.82) is 0 Å². The van der Waals surface area contributed by atoms with Crippen molar-refractivity contribution in [3.05, 3.63) is 19.2 Å². The van der Waals surface area contributed by atoms with Gasteiger partial charge in [0.05, 0.1) is 0 Å². The van der Waals surface area contributed by atoms with Crippen molar-refractivity contribution >= 4 is 0 Å². The molecule has 41 valence electrons. The smallest absolute Gasteiger partial charge is 0.102 e. The third kappa shape index (κ3) is 5.66. The van der Waals surface area contributed by atoms with Crippen LogP contribution in [0.2, 0.25) is 0 Å². The molecule has 7 heavy (non-hydrogen) atoms. The average Bonchev–Trinajstić information content (AvgIpc) is 1.61. The van der Waals surface area contributed by atoms with E-state index in [2.05, 4.69) is 11.9 Å². The van der Waals surface area contributed by atoms with E-state index in [1.165, 1.54) is 0 Å². The van der Waals surface area contributed by atoms with E-state index < -0.39 is 6.23 Å². The molecule has 2 nitrogen and oxygen atoms in total. The Hall–Kier alpha value is -0.340. The second kappa shape index (κ2) is 3.84. The molecular formula is C5H10NO. The Morgan fingerprint density at radius 1 is 1.86 bits per heavy atom. The molecule has 0 aliphatic rings. The van der Waals surface area contributed by atoms with Gasteiger partial charge >= 0.3 is 0 Å². The lowest BCUT2D eigenvalue weighted by Crippen LogP contribution is -2.21. The van der Waals surface area contributed by atoms with E-state index in [-0.39, 0.29) is 0 Å². The summed E-state index contributed by atoms with van der Waals surface area (Å²) in [7, 11) is 0. The van der Waals surface area contributed by atoms with E-state index in [4.69, 9.17) is 5.11 Å². The van der Waals surface area contributed by atoms with Crippen LogP contribution in [0.3, 0.4) is 0 Å². The summed E-state index contributed by atoms with van der Waals surface area (Å²) in [6, 6.07) is 0. The Morgan fingerprint density at radius 3 is 2.57 bits per heavy atom. The van der Waals surface area contributed by atoms with Gasteiger partial charge in [-0.25, -0.2) is 0 Å². The molecule has 0 aromatic carbocycles. The molecule has 0 saturated heterocycles. The monoisotopic (exact) mass is 100 g/mol. The van der Waals surface area contributed by atoms with Gasteiger partial charge in [0.1, 0.15) is 6.23 Å². The maximum atomic E-state index is 8.49. The maximum absolute atomic E-state index is 8.49. The molecule has 2 heteroatoms. The highest BCUT2D eigenvalue weighted by atomic mass is 16.3. The van der Waals surface area contributed by atoms with Gasteiger partial charge in [-0.05, 0) is 6.92 Å². The summed E-state index contributed by atoms with van der Waals surface area (Å²) in [6.07, 6.45) is 1.10. The van der Waals surface area contributed by atoms with Crippen molar-refractivity contribution < 1.29 is 5.11 Å². The molecule has 0 aromatic rings. The van der Waals surface area contributed by atoms with Crippen molar-refractivity contribution in [2.45, 2.75) is 13.2 Å². The number of rotatable bonds is 3. The summed E-state index contributed by atoms with van der Waals surface area (Å²) in [5.41, 5.74) is 0. The predicted octanol–water partition coefficient (Wildman–Crippen LogP) is 0.262. The van der Waals surface area contributed by atoms with Crippen LogP contribution in [0.1, 0.15) is 6.92 Å². The van der Waals surface area contributed by atoms with Crippen LogP contribution in [0.25, 0.3) is 0 Å². The molecule has 0 aromatic heterocycles. The lowest BCUT2D eigenvalue weighted by Gasteiger charge is -2.00. The van der Waals surface area contributed by atoms with Crippen LogP contribution in [-0.4, -0.2) is 11.3 Å². The minimum absolute atomic E-state index is 0.474. The first kappa shape index (κ1) is 6.66. The standard InChI is InChI=1S/C5H10NO/c1-3-4-6-5(2)7/h3-7H,1H2,2H3. The van der Waals surface area contributed by atoms with Crippen LogP contribution in [0.5, 0.6) is 0 Å². The molecule has 0 aliphatic carbocycles. The van der Waals surface area contributed by atoms with Crippen molar-refractivity contribution in [2.24, 2.45) is 0 Å². The molecule has 1 unspecified atom stereocenters. The minimum atomic E-state index is -0.474. The van der Waals surface area contributed by atoms with E-state index >= 15 is 0 Å². The van der Waals surface area contributed by atoms with Gasteiger partial charge in [-0.15, -0.1) is 6.58 Å². The second-order valence-electron chi connectivity index (χ2n) is 1.25. The fraction of sp³-hybridized carbons (Fsp3) is 0.400. The van der Waals surface area contributed by atoms with Crippen molar-refractivity contribution in [3.8, 4) is 0 Å². The van der Waals surface area contributed by atoms with Crippen molar-refractivity contribution in [3.63, 3.8) is 0 Å². The number of hydrogen-bond donors (Lipinski definition) is 2. The normalized spacial score (nSPS) is 13.4. The molecule has 0 amide bonds. The zero-order valence-corrected chi connectivity index (χ0v) is 4.39. The maximum Gasteiger partial charge on any atom is 0.102 e. The number of aliphatic hydroxyl groups excluding tert-OH is 1. The van der Waals surface area contributed by atoms with Crippen LogP contribution in [0.15, 0.2) is 12.7 Å². The van der Waals surface area contributed by atoms with Crippen LogP contribution >= 0.6 is 0 Å². The van der Waals surface area contributed by atoms with Crippen molar-refractivity contribution in [1.82, 2.24) is 5.32 Å². The Bertz CT molecular complexity index is 52.0. The molecule has 0 rings (SSSR count). The van der Waals surface area contributed by atoms with Gasteiger partial charge in [0, 0.05) is 6.54 Å². The average molecular weight is 100 g/mol. The van der Waals surface area contributed by atoms with Gasteiger partial charge in [-0.2, -0.15) is 0 Å². The van der Waals surface area contributed by atoms with E-state index in [1.54, 1.807) is 19.5 Å². The first-order valence-corrected chi connectivity index (χ1v) is 2.15. The largest absolute Gasteiger partial charge is 0.379 e. The lowest BCUT2D eigenvalue weighted by molar-refractivity contribution is 0.169. The van der Waals surface area contributed by atoms with E-state index in [1.807, 2.05) is 0 Å². The van der Waals surface area contributed by atoms with Crippen LogP contribution in [0, 0.1) is 6.54 Å². The van der Waals surface area contributed by atoms with Gasteiger partial charge in [-0.3, -0.25) is 5.32 Å². The Balaban J connectivity index is 2.81. The molecule has 0 aliphatic heterocycles. The zero-order valence-electron chi connectivity index (χ0n) is 4.39. The van der Waals surface area contributed by atoms with Gasteiger partial charge in [0.25, 0.3) is 0 Å². The van der Waals surface area contributed by atoms with Gasteiger partial charge in [0.15, 0.2) is 0 Å². The van der Waals surface area contributed by atoms with Crippen LogP contribution < -0.4 is 5.32 Å². The molecule has 1 radical (unpaired) electrons. The zero-order chi connectivity index (χ0) is 5.70. The summed E-state index contributed by atoms with van der Waals surface area (Å²) < 4.78 is 0. The van der Waals surface area contributed by atoms with Crippen LogP contribution in [0.4, 0.5) is 0 Å². The highest BCUT2D eigenvalue weighted by Gasteiger charge is 1.85. The summed E-state index contributed by atoms with van der Waals surface area (Å²) in [5.74, 6) is 0. The topological polar surface area (TPSA) is 32.3 Å². The van der Waals surface area contributed by atoms with E-state index in [0.29, 0.717) is 0 Å². The van der Waals surface area contributed by atoms with Gasteiger partial charge in [-0.1, -0.05) is 6.08 Å². The van der Waals surface area contributed by atoms with E-state index in [9.17, 15) is 0 Å². The Labute approximate surface area is 43.9 Å². The first-order chi connectivity index (χ1) is 3.27. The number of aliphatic hydroxyl groups is 1. The summed E-state index contributed by atoms with van der Waals surface area (Å²) in [5, 5.41) is 11.1. The molecule has 1 atom stereocenters. The summed E-state index contributed by atoms with van der Waals surface area (Å²) >= 11 is 0. The molecule has 2 N–H and O–H groups in total.